The molecule has 0 heterocycles. The first-order valence-electron chi connectivity index (χ1n) is 3.53. The summed E-state index contributed by atoms with van der Waals surface area (Å²) in [5.74, 6) is -0.533. The van der Waals surface area contributed by atoms with E-state index >= 15 is 0 Å². The van der Waals surface area contributed by atoms with Gasteiger partial charge in [-0.3, -0.25) is 4.79 Å². The molecule has 0 aliphatic heterocycles. The summed E-state index contributed by atoms with van der Waals surface area (Å²) in [6.07, 6.45) is -5.85. The number of halogens is 3. The molecule has 0 radical (unpaired) electrons. The third kappa shape index (κ3) is 7.19. The van der Waals surface area contributed by atoms with E-state index in [0.29, 0.717) is 0 Å². The number of alkyl carbamates (subject to hydrolysis) is 1. The average molecular weight is 214 g/mol. The quantitative estimate of drug-likeness (QED) is 0.696. The van der Waals surface area contributed by atoms with Crippen molar-refractivity contribution in [3.8, 4) is 0 Å². The maximum Gasteiger partial charge on any atom is 0.422 e. The topological polar surface area (TPSA) is 67.4 Å². The van der Waals surface area contributed by atoms with Crippen LogP contribution in [0.5, 0.6) is 0 Å². The van der Waals surface area contributed by atoms with Crippen molar-refractivity contribution >= 4 is 12.0 Å². The summed E-state index contributed by atoms with van der Waals surface area (Å²) >= 11 is 0. The molecular weight excluding hydrogens is 205 g/mol. The number of carbonyl (C=O) groups is 2. The molecule has 14 heavy (non-hydrogen) atoms. The standard InChI is InChI=1S/C6H9F3N2O3/c1-10-4(12)2-11-5(13)14-3-6(7,8)9/h2-3H2,1H3,(H,10,12)(H,11,13). The second-order valence-electron chi connectivity index (χ2n) is 2.22. The lowest BCUT2D eigenvalue weighted by atomic mass is 10.6. The smallest absolute Gasteiger partial charge is 0.422 e. The second kappa shape index (κ2) is 5.30. The first-order valence-corrected chi connectivity index (χ1v) is 3.53. The minimum absolute atomic E-state index is 0.423. The van der Waals surface area contributed by atoms with Crippen LogP contribution in [0, 0.1) is 0 Å². The van der Waals surface area contributed by atoms with Crippen LogP contribution in [0.3, 0.4) is 0 Å². The predicted octanol–water partition coefficient (Wildman–Crippen LogP) is 0.0209. The van der Waals surface area contributed by atoms with Crippen LogP contribution < -0.4 is 10.6 Å². The molecule has 82 valence electrons. The monoisotopic (exact) mass is 214 g/mol. The first kappa shape index (κ1) is 12.5. The molecule has 0 aliphatic carbocycles. The van der Waals surface area contributed by atoms with E-state index in [0.717, 1.165) is 0 Å². The first-order chi connectivity index (χ1) is 6.35. The minimum Gasteiger partial charge on any atom is -0.440 e. The van der Waals surface area contributed by atoms with Gasteiger partial charge < -0.3 is 15.4 Å². The van der Waals surface area contributed by atoms with Gasteiger partial charge in [0.1, 0.15) is 0 Å². The fourth-order valence-corrected chi connectivity index (χ4v) is 0.439. The van der Waals surface area contributed by atoms with Crippen molar-refractivity contribution < 1.29 is 27.5 Å². The van der Waals surface area contributed by atoms with Crippen molar-refractivity contribution in [2.24, 2.45) is 0 Å². The molecule has 0 aliphatic rings. The number of amides is 2. The highest BCUT2D eigenvalue weighted by Crippen LogP contribution is 2.14. The summed E-state index contributed by atoms with van der Waals surface area (Å²) in [4.78, 5) is 21.0. The molecule has 0 saturated heterocycles. The molecule has 0 atom stereocenters. The summed E-state index contributed by atoms with van der Waals surface area (Å²) in [6.45, 7) is -2.10. The normalized spacial score (nSPS) is 10.6. The molecule has 8 heteroatoms. The van der Waals surface area contributed by atoms with Gasteiger partial charge >= 0.3 is 12.3 Å². The van der Waals surface area contributed by atoms with Gasteiger partial charge in [0, 0.05) is 7.05 Å². The summed E-state index contributed by atoms with van der Waals surface area (Å²) in [5, 5.41) is 3.99. The van der Waals surface area contributed by atoms with Gasteiger partial charge in [-0.15, -0.1) is 0 Å². The van der Waals surface area contributed by atoms with Crippen molar-refractivity contribution in [1.29, 1.82) is 0 Å². The van der Waals surface area contributed by atoms with E-state index in [9.17, 15) is 22.8 Å². The van der Waals surface area contributed by atoms with Gasteiger partial charge in [0.05, 0.1) is 6.54 Å². The van der Waals surface area contributed by atoms with E-state index in [1.54, 1.807) is 0 Å². The number of nitrogens with one attached hydrogen (secondary N) is 2. The van der Waals surface area contributed by atoms with Crippen molar-refractivity contribution in [3.05, 3.63) is 0 Å². The Balaban J connectivity index is 3.62. The van der Waals surface area contributed by atoms with E-state index in [4.69, 9.17) is 0 Å². The summed E-state index contributed by atoms with van der Waals surface area (Å²) in [5.41, 5.74) is 0. The molecule has 0 bridgehead atoms. The van der Waals surface area contributed by atoms with Crippen LogP contribution in [0.15, 0.2) is 0 Å². The van der Waals surface area contributed by atoms with Crippen molar-refractivity contribution in [1.82, 2.24) is 10.6 Å². The highest BCUT2D eigenvalue weighted by atomic mass is 19.4. The number of rotatable bonds is 3. The predicted molar refractivity (Wildman–Crippen MR) is 39.5 cm³/mol. The SMILES string of the molecule is CNC(=O)CNC(=O)OCC(F)(F)F. The summed E-state index contributed by atoms with van der Waals surface area (Å²) in [6, 6.07) is 0. The number of alkyl halides is 3. The van der Waals surface area contributed by atoms with Crippen LogP contribution in [0.2, 0.25) is 0 Å². The lowest BCUT2D eigenvalue weighted by Gasteiger charge is -2.08. The van der Waals surface area contributed by atoms with Crippen molar-refractivity contribution in [3.63, 3.8) is 0 Å². The summed E-state index contributed by atoms with van der Waals surface area (Å²) in [7, 11) is 1.32. The molecule has 0 aromatic carbocycles. The Morgan fingerprint density at radius 2 is 1.93 bits per heavy atom. The third-order valence-corrected chi connectivity index (χ3v) is 1.04. The molecule has 0 unspecified atom stereocenters. The van der Waals surface area contributed by atoms with Gasteiger partial charge in [0.2, 0.25) is 5.91 Å². The van der Waals surface area contributed by atoms with Crippen molar-refractivity contribution in [2.75, 3.05) is 20.2 Å². The molecule has 2 N–H and O–H groups in total. The molecule has 0 saturated carbocycles. The van der Waals surface area contributed by atoms with Gasteiger partial charge in [-0.1, -0.05) is 0 Å². The van der Waals surface area contributed by atoms with Crippen LogP contribution in [-0.2, 0) is 9.53 Å². The Hall–Kier alpha value is -1.47. The Labute approximate surface area is 77.6 Å². The van der Waals surface area contributed by atoms with Crippen LogP contribution >= 0.6 is 0 Å². The maximum atomic E-state index is 11.5. The number of hydrogen-bond donors (Lipinski definition) is 2. The zero-order chi connectivity index (χ0) is 11.2. The van der Waals surface area contributed by atoms with Gasteiger partial charge in [0.15, 0.2) is 6.61 Å². The van der Waals surface area contributed by atoms with E-state index < -0.39 is 31.3 Å². The molecular formula is C6H9F3N2O3. The van der Waals surface area contributed by atoms with Crippen LogP contribution in [0.25, 0.3) is 0 Å². The zero-order valence-electron chi connectivity index (χ0n) is 7.27. The molecule has 0 spiro atoms. The number of hydrogen-bond acceptors (Lipinski definition) is 3. The Morgan fingerprint density at radius 1 is 1.36 bits per heavy atom. The second-order valence-corrected chi connectivity index (χ2v) is 2.22. The minimum atomic E-state index is -4.57. The lowest BCUT2D eigenvalue weighted by Crippen LogP contribution is -2.36. The summed E-state index contributed by atoms with van der Waals surface area (Å²) < 4.78 is 38.2. The highest BCUT2D eigenvalue weighted by Gasteiger charge is 2.29. The average Bonchev–Trinajstić information content (AvgIpc) is 2.09. The number of carbonyl (C=O) groups excluding carboxylic acids is 2. The van der Waals surface area contributed by atoms with Gasteiger partial charge in [-0.2, -0.15) is 13.2 Å². The fourth-order valence-electron chi connectivity index (χ4n) is 0.439. The van der Waals surface area contributed by atoms with Gasteiger partial charge in [-0.25, -0.2) is 4.79 Å². The van der Waals surface area contributed by atoms with E-state index in [1.165, 1.54) is 7.05 Å². The molecule has 0 aromatic heterocycles. The fraction of sp³-hybridized carbons (Fsp3) is 0.667. The van der Waals surface area contributed by atoms with Crippen LogP contribution in [-0.4, -0.2) is 38.4 Å². The Bertz CT molecular complexity index is 217. The van der Waals surface area contributed by atoms with Gasteiger partial charge in [-0.05, 0) is 0 Å². The van der Waals surface area contributed by atoms with Crippen molar-refractivity contribution in [2.45, 2.75) is 6.18 Å². The van der Waals surface area contributed by atoms with Crippen LogP contribution in [0.4, 0.5) is 18.0 Å². The molecule has 0 aromatic rings. The third-order valence-electron chi connectivity index (χ3n) is 1.04. The lowest BCUT2D eigenvalue weighted by molar-refractivity contribution is -0.160. The molecule has 0 rings (SSSR count). The van der Waals surface area contributed by atoms with Gasteiger partial charge in [0.25, 0.3) is 0 Å². The largest absolute Gasteiger partial charge is 0.440 e. The zero-order valence-corrected chi connectivity index (χ0v) is 7.27. The maximum absolute atomic E-state index is 11.5. The number of likely N-dealkylation sites (N-methyl/N-ethyl adjacent to an activating group) is 1. The van der Waals surface area contributed by atoms with E-state index in [-0.39, 0.29) is 0 Å². The highest BCUT2D eigenvalue weighted by molar-refractivity contribution is 5.81. The van der Waals surface area contributed by atoms with E-state index in [1.807, 2.05) is 5.32 Å². The van der Waals surface area contributed by atoms with E-state index in [2.05, 4.69) is 10.1 Å². The molecule has 5 nitrogen and oxygen atoms in total. The molecule has 0 fully saturated rings. The number of ether oxygens (including phenoxy) is 1. The Kier molecular flexibility index (Phi) is 4.74. The molecule has 2 amide bonds. The van der Waals surface area contributed by atoms with Crippen LogP contribution in [0.1, 0.15) is 0 Å². The Morgan fingerprint density at radius 3 is 2.36 bits per heavy atom.